The lowest BCUT2D eigenvalue weighted by Crippen LogP contribution is -2.36. The number of hydrogen-bond acceptors (Lipinski definition) is 6. The van der Waals surface area contributed by atoms with Crippen molar-refractivity contribution in [2.45, 2.75) is 25.1 Å². The number of nitrogens with one attached hydrogen (secondary N) is 1. The van der Waals surface area contributed by atoms with Crippen molar-refractivity contribution in [2.75, 3.05) is 25.1 Å². The molecule has 11 heteroatoms. The van der Waals surface area contributed by atoms with Crippen LogP contribution in [0.25, 0.3) is 0 Å². The Morgan fingerprint density at radius 3 is 2.41 bits per heavy atom. The molecule has 0 spiro atoms. The predicted octanol–water partition coefficient (Wildman–Crippen LogP) is 3.28. The molecule has 2 heterocycles. The molecule has 1 fully saturated rings. The molecule has 0 aliphatic carbocycles. The van der Waals surface area contributed by atoms with Crippen LogP contribution in [0.2, 0.25) is 0 Å². The summed E-state index contributed by atoms with van der Waals surface area (Å²) in [5, 5.41) is 2.32. The molecule has 178 valence electrons. The Balaban J connectivity index is 1.34. The maximum Gasteiger partial charge on any atom is 0.416 e. The smallest absolute Gasteiger partial charge is 0.416 e. The molecule has 1 unspecified atom stereocenters. The Labute approximate surface area is 191 Å². The van der Waals surface area contributed by atoms with Gasteiger partial charge in [0.05, 0.1) is 34.9 Å². The van der Waals surface area contributed by atoms with Crippen LogP contribution in [0.1, 0.15) is 49.5 Å². The number of halogens is 3. The lowest BCUT2D eigenvalue weighted by Gasteiger charge is -2.17. The third-order valence-electron chi connectivity index (χ3n) is 5.45. The van der Waals surface area contributed by atoms with Gasteiger partial charge in [-0.15, -0.1) is 0 Å². The second kappa shape index (κ2) is 9.26. The van der Waals surface area contributed by atoms with Crippen LogP contribution < -0.4 is 5.32 Å². The predicted molar refractivity (Wildman–Crippen MR) is 111 cm³/mol. The first-order valence-corrected chi connectivity index (χ1v) is 10.4. The van der Waals surface area contributed by atoms with Gasteiger partial charge in [-0.2, -0.15) is 13.2 Å². The number of esters is 1. The zero-order valence-electron chi connectivity index (χ0n) is 17.7. The standard InChI is InChI=1S/C23H19F3N2O6/c24-23(25,26)14-4-6-15(7-5-14)27-19(29)12-34-22(32)13-3-8-17-18(10-13)21(31)28(20(17)30)11-16-2-1-9-33-16/h3-8,10,16H,1-2,9,11-12H2,(H,27,29). The number of carbonyl (C=O) groups excluding carboxylic acids is 4. The van der Waals surface area contributed by atoms with Crippen LogP contribution >= 0.6 is 0 Å². The van der Waals surface area contributed by atoms with Crippen molar-refractivity contribution >= 4 is 29.4 Å². The van der Waals surface area contributed by atoms with E-state index >= 15 is 0 Å². The molecule has 0 radical (unpaired) electrons. The van der Waals surface area contributed by atoms with Crippen molar-refractivity contribution in [3.8, 4) is 0 Å². The number of imide groups is 1. The van der Waals surface area contributed by atoms with E-state index in [1.165, 1.54) is 18.2 Å². The van der Waals surface area contributed by atoms with Crippen LogP contribution in [0.5, 0.6) is 0 Å². The summed E-state index contributed by atoms with van der Waals surface area (Å²) in [6.07, 6.45) is -3.10. The minimum Gasteiger partial charge on any atom is -0.452 e. The highest BCUT2D eigenvalue weighted by molar-refractivity contribution is 6.22. The van der Waals surface area contributed by atoms with E-state index in [2.05, 4.69) is 5.32 Å². The summed E-state index contributed by atoms with van der Waals surface area (Å²) in [6.45, 7) is 0.0154. The van der Waals surface area contributed by atoms with E-state index in [-0.39, 0.29) is 35.0 Å². The number of benzene rings is 2. The fourth-order valence-corrected chi connectivity index (χ4v) is 3.73. The zero-order chi connectivity index (χ0) is 24.5. The summed E-state index contributed by atoms with van der Waals surface area (Å²) >= 11 is 0. The van der Waals surface area contributed by atoms with Crippen molar-refractivity contribution in [3.63, 3.8) is 0 Å². The molecule has 8 nitrogen and oxygen atoms in total. The Kier molecular flexibility index (Phi) is 6.38. The highest BCUT2D eigenvalue weighted by Gasteiger charge is 2.38. The summed E-state index contributed by atoms with van der Waals surface area (Å²) < 4.78 is 48.2. The number of anilines is 1. The fourth-order valence-electron chi connectivity index (χ4n) is 3.73. The molecule has 3 amide bonds. The van der Waals surface area contributed by atoms with Gasteiger partial charge < -0.3 is 14.8 Å². The van der Waals surface area contributed by atoms with E-state index in [1.54, 1.807) is 0 Å². The SMILES string of the molecule is O=C(COC(=O)c1ccc2c(c1)C(=O)N(CC1CCCO1)C2=O)Nc1ccc(C(F)(F)F)cc1. The minimum atomic E-state index is -4.50. The number of alkyl halides is 3. The molecule has 4 rings (SSSR count). The van der Waals surface area contributed by atoms with E-state index < -0.39 is 42.0 Å². The van der Waals surface area contributed by atoms with Crippen molar-refractivity contribution < 1.29 is 41.8 Å². The van der Waals surface area contributed by atoms with E-state index in [0.29, 0.717) is 6.61 Å². The van der Waals surface area contributed by atoms with Gasteiger partial charge in [-0.05, 0) is 55.3 Å². The van der Waals surface area contributed by atoms with Gasteiger partial charge >= 0.3 is 12.1 Å². The van der Waals surface area contributed by atoms with Crippen molar-refractivity contribution in [1.29, 1.82) is 0 Å². The number of carbonyl (C=O) groups is 4. The molecule has 0 saturated carbocycles. The first-order chi connectivity index (χ1) is 16.1. The van der Waals surface area contributed by atoms with E-state index in [4.69, 9.17) is 9.47 Å². The average Bonchev–Trinajstić information content (AvgIpc) is 3.40. The van der Waals surface area contributed by atoms with Gasteiger partial charge in [0, 0.05) is 12.3 Å². The second-order valence-corrected chi connectivity index (χ2v) is 7.82. The van der Waals surface area contributed by atoms with Crippen LogP contribution in [0.4, 0.5) is 18.9 Å². The van der Waals surface area contributed by atoms with E-state index in [1.807, 2.05) is 0 Å². The molecule has 2 aromatic carbocycles. The number of nitrogens with zero attached hydrogens (tertiary/aromatic N) is 1. The lowest BCUT2D eigenvalue weighted by atomic mass is 10.1. The maximum absolute atomic E-state index is 12.7. The van der Waals surface area contributed by atoms with Crippen LogP contribution in [0, 0.1) is 0 Å². The Bertz CT molecular complexity index is 1140. The fraction of sp³-hybridized carbons (Fsp3) is 0.304. The van der Waals surface area contributed by atoms with Gasteiger partial charge in [0.25, 0.3) is 17.7 Å². The van der Waals surface area contributed by atoms with Crippen molar-refractivity contribution in [1.82, 2.24) is 4.90 Å². The molecule has 1 saturated heterocycles. The third-order valence-corrected chi connectivity index (χ3v) is 5.45. The molecule has 0 bridgehead atoms. The van der Waals surface area contributed by atoms with Crippen LogP contribution in [0.3, 0.4) is 0 Å². The minimum absolute atomic E-state index is 0.0267. The van der Waals surface area contributed by atoms with Gasteiger partial charge in [-0.1, -0.05) is 0 Å². The summed E-state index contributed by atoms with van der Waals surface area (Å²) in [7, 11) is 0. The van der Waals surface area contributed by atoms with Gasteiger partial charge in [0.15, 0.2) is 6.61 Å². The first-order valence-electron chi connectivity index (χ1n) is 10.4. The molecule has 1 atom stereocenters. The molecule has 2 aliphatic heterocycles. The topological polar surface area (TPSA) is 102 Å². The van der Waals surface area contributed by atoms with Gasteiger partial charge in [0.1, 0.15) is 0 Å². The number of fused-ring (bicyclic) bond motifs is 1. The van der Waals surface area contributed by atoms with Crippen molar-refractivity contribution in [2.24, 2.45) is 0 Å². The molecular weight excluding hydrogens is 457 g/mol. The van der Waals surface area contributed by atoms with Crippen LogP contribution in [-0.2, 0) is 20.4 Å². The number of amides is 3. The first kappa shape index (κ1) is 23.4. The molecule has 1 N–H and O–H groups in total. The molecule has 2 aliphatic rings. The largest absolute Gasteiger partial charge is 0.452 e. The van der Waals surface area contributed by atoms with Gasteiger partial charge in [-0.3, -0.25) is 19.3 Å². The summed E-state index contributed by atoms with van der Waals surface area (Å²) in [5.41, 5.74) is -0.564. The Hall–Kier alpha value is -3.73. The van der Waals surface area contributed by atoms with E-state index in [0.717, 1.165) is 42.0 Å². The van der Waals surface area contributed by atoms with Gasteiger partial charge in [0.2, 0.25) is 0 Å². The number of rotatable bonds is 6. The molecule has 2 aromatic rings. The summed E-state index contributed by atoms with van der Waals surface area (Å²) in [4.78, 5) is 50.7. The molecule has 34 heavy (non-hydrogen) atoms. The monoisotopic (exact) mass is 476 g/mol. The zero-order valence-corrected chi connectivity index (χ0v) is 17.7. The van der Waals surface area contributed by atoms with Crippen molar-refractivity contribution in [3.05, 3.63) is 64.7 Å². The molecule has 0 aromatic heterocycles. The Morgan fingerprint density at radius 2 is 1.76 bits per heavy atom. The lowest BCUT2D eigenvalue weighted by molar-refractivity contribution is -0.137. The highest BCUT2D eigenvalue weighted by Crippen LogP contribution is 2.30. The van der Waals surface area contributed by atoms with Crippen LogP contribution in [-0.4, -0.2) is 54.5 Å². The average molecular weight is 476 g/mol. The highest BCUT2D eigenvalue weighted by atomic mass is 19.4. The number of hydrogen-bond donors (Lipinski definition) is 1. The summed E-state index contributed by atoms with van der Waals surface area (Å²) in [5.74, 6) is -2.66. The quantitative estimate of drug-likeness (QED) is 0.507. The normalized spacial score (nSPS) is 17.6. The van der Waals surface area contributed by atoms with E-state index in [9.17, 15) is 32.3 Å². The maximum atomic E-state index is 12.7. The van der Waals surface area contributed by atoms with Crippen LogP contribution in [0.15, 0.2) is 42.5 Å². The Morgan fingerprint density at radius 1 is 1.06 bits per heavy atom. The molecular formula is C23H19F3N2O6. The van der Waals surface area contributed by atoms with Gasteiger partial charge in [-0.25, -0.2) is 4.79 Å². The number of ether oxygens (including phenoxy) is 2. The second-order valence-electron chi connectivity index (χ2n) is 7.82. The summed E-state index contributed by atoms with van der Waals surface area (Å²) in [6, 6.07) is 7.68. The third kappa shape index (κ3) is 4.93.